The highest BCUT2D eigenvalue weighted by Crippen LogP contribution is 2.36. The summed E-state index contributed by atoms with van der Waals surface area (Å²) in [4.78, 5) is 1.17. The van der Waals surface area contributed by atoms with Crippen molar-refractivity contribution < 1.29 is 34.0 Å². The van der Waals surface area contributed by atoms with Crippen molar-refractivity contribution in [2.75, 3.05) is 13.1 Å². The summed E-state index contributed by atoms with van der Waals surface area (Å²) in [7, 11) is -4.94. The zero-order valence-electron chi connectivity index (χ0n) is 12.7. The van der Waals surface area contributed by atoms with Crippen molar-refractivity contribution in [2.24, 2.45) is 0 Å². The second-order valence-corrected chi connectivity index (χ2v) is 10.5. The van der Waals surface area contributed by atoms with Crippen LogP contribution in [-0.4, -0.2) is 18.2 Å². The summed E-state index contributed by atoms with van der Waals surface area (Å²) in [6, 6.07) is 4.07. The molecular weight excluding hydrogens is 616 g/mol. The number of hydrogen-bond acceptors (Lipinski definition) is 7. The van der Waals surface area contributed by atoms with Crippen LogP contribution in [0.3, 0.4) is 0 Å². The van der Waals surface area contributed by atoms with Crippen LogP contribution in [0.5, 0.6) is 5.75 Å². The minimum atomic E-state index is -4.94. The summed E-state index contributed by atoms with van der Waals surface area (Å²) in [6.07, 6.45) is 3.95. The van der Waals surface area contributed by atoms with E-state index < -0.39 is 10.2 Å². The van der Waals surface area contributed by atoms with Gasteiger partial charge in [0.15, 0.2) is 0 Å². The highest BCUT2D eigenvalue weighted by atomic mass is 127. The van der Waals surface area contributed by atoms with Crippen LogP contribution in [0.4, 0.5) is 0 Å². The van der Waals surface area contributed by atoms with Crippen molar-refractivity contribution in [1.82, 2.24) is 4.58 Å². The lowest BCUT2D eigenvalue weighted by Gasteiger charge is -2.17. The first-order valence-electron chi connectivity index (χ1n) is 7.12. The molecule has 1 aromatic heterocycles. The Morgan fingerprint density at radius 2 is 1.64 bits per heavy atom. The third-order valence-corrected chi connectivity index (χ3v) is 7.31. The van der Waals surface area contributed by atoms with Crippen LogP contribution < -0.4 is 27.2 Å². The molecule has 2 aromatic rings. The number of halogens is 3. The summed E-state index contributed by atoms with van der Waals surface area (Å²) >= 11 is 8.10. The van der Waals surface area contributed by atoms with E-state index >= 15 is 0 Å². The van der Waals surface area contributed by atoms with E-state index in [-0.39, 0.29) is 0 Å². The third kappa shape index (κ3) is 7.18. The first-order chi connectivity index (χ1) is 11.6. The molecule has 1 aliphatic rings. The second-order valence-electron chi connectivity index (χ2n) is 5.18. The molecule has 0 bridgehead atoms. The predicted molar refractivity (Wildman–Crippen MR) is 104 cm³/mol. The molecule has 2 heterocycles. The minimum absolute atomic E-state index is 0.408. The maximum absolute atomic E-state index is 10.3. The fourth-order valence-electron chi connectivity index (χ4n) is 2.33. The van der Waals surface area contributed by atoms with Crippen molar-refractivity contribution in [3.63, 3.8) is 0 Å². The molecule has 0 unspecified atom stereocenters. The summed E-state index contributed by atoms with van der Waals surface area (Å²) in [5, 5.41) is 12.5. The Morgan fingerprint density at radius 3 is 2.24 bits per heavy atom. The Morgan fingerprint density at radius 1 is 1.04 bits per heavy atom. The molecule has 138 valence electrons. The monoisotopic (exact) mass is 629 g/mol. The number of hydrogen-bond donors (Lipinski definition) is 1. The Bertz CT molecular complexity index is 789. The lowest BCUT2D eigenvalue weighted by molar-refractivity contribution is -2.00. The molecule has 1 N–H and O–H groups in total. The van der Waals surface area contributed by atoms with Gasteiger partial charge in [-0.1, -0.05) is 22.7 Å². The Hall–Kier alpha value is 0.460. The maximum Gasteiger partial charge on any atom is 0.314 e. The predicted octanol–water partition coefficient (Wildman–Crippen LogP) is -0.409. The number of phenols is 1. The maximum atomic E-state index is 10.3. The lowest BCUT2D eigenvalue weighted by atomic mass is 10.2. The highest BCUT2D eigenvalue weighted by Gasteiger charge is 2.16. The topological polar surface area (TPSA) is 115 Å². The highest BCUT2D eigenvalue weighted by molar-refractivity contribution is 14.1. The zero-order valence-corrected chi connectivity index (χ0v) is 19.4. The van der Waals surface area contributed by atoms with Gasteiger partial charge in [0.05, 0.1) is 8.45 Å². The number of benzene rings is 1. The first-order valence-corrected chi connectivity index (χ1v) is 12.2. The van der Waals surface area contributed by atoms with Crippen LogP contribution in [-0.2, 0) is 0 Å². The van der Waals surface area contributed by atoms with E-state index in [4.69, 9.17) is 18.6 Å². The van der Waals surface area contributed by atoms with Gasteiger partial charge in [0.1, 0.15) is 18.8 Å². The standard InChI is InChI=1S/C14H13I2NOS2.ClHO4/c15-9-6-10(13(18)11(16)7-9)12-8-19-14(20-12)17-4-2-1-3-5-17;2-1(3,4)5/h6-8H,1-5H2;(H,2,3,4,5). The van der Waals surface area contributed by atoms with Crippen LogP contribution in [0, 0.1) is 17.4 Å². The van der Waals surface area contributed by atoms with Crippen molar-refractivity contribution in [1.29, 1.82) is 0 Å². The fourth-order valence-corrected chi connectivity index (χ4v) is 6.55. The van der Waals surface area contributed by atoms with Gasteiger partial charge >= 0.3 is 3.98 Å². The summed E-state index contributed by atoms with van der Waals surface area (Å²) in [5.74, 6) is 0.408. The molecule has 3 rings (SSSR count). The SMILES string of the molecule is Oc1c(I)cc(I)cc1-c1csc(=[N+]2CCCCC2)s1.[O-][Cl+3]([O-])([O-])[O-]. The molecule has 1 fully saturated rings. The van der Waals surface area contributed by atoms with Crippen molar-refractivity contribution in [2.45, 2.75) is 19.3 Å². The van der Waals surface area contributed by atoms with Gasteiger partial charge in [-0.05, 0) is 63.7 Å². The van der Waals surface area contributed by atoms with E-state index in [9.17, 15) is 5.11 Å². The molecule has 1 aromatic carbocycles. The van der Waals surface area contributed by atoms with E-state index in [1.54, 1.807) is 22.7 Å². The van der Waals surface area contributed by atoms with Gasteiger partial charge in [-0.15, -0.1) is 10.2 Å². The van der Waals surface area contributed by atoms with E-state index in [0.29, 0.717) is 5.75 Å². The van der Waals surface area contributed by atoms with Gasteiger partial charge in [-0.3, -0.25) is 0 Å². The normalized spacial score (nSPS) is 14.9. The molecule has 0 saturated carbocycles. The first kappa shape index (κ1) is 21.8. The molecule has 1 aliphatic heterocycles. The second kappa shape index (κ2) is 9.59. The molecule has 6 nitrogen and oxygen atoms in total. The van der Waals surface area contributed by atoms with Gasteiger partial charge < -0.3 is 5.11 Å². The van der Waals surface area contributed by atoms with Crippen LogP contribution in [0.15, 0.2) is 17.5 Å². The molecule has 25 heavy (non-hydrogen) atoms. The number of nitrogens with zero attached hydrogens (tertiary/aromatic N) is 1. The van der Waals surface area contributed by atoms with Crippen LogP contribution in [0.1, 0.15) is 19.3 Å². The van der Waals surface area contributed by atoms with E-state index in [1.807, 2.05) is 6.07 Å². The molecule has 11 heteroatoms. The average molecular weight is 630 g/mol. The zero-order chi connectivity index (χ0) is 18.6. The number of rotatable bonds is 1. The average Bonchev–Trinajstić information content (AvgIpc) is 3.00. The smallest absolute Gasteiger partial charge is 0.314 e. The Balaban J connectivity index is 0.000000399. The van der Waals surface area contributed by atoms with Crippen LogP contribution in [0.2, 0.25) is 0 Å². The lowest BCUT2D eigenvalue weighted by Crippen LogP contribution is -2.68. The van der Waals surface area contributed by atoms with Gasteiger partial charge in [0.25, 0.3) is 0 Å². The molecule has 0 aliphatic carbocycles. The fraction of sp³-hybridized carbons (Fsp3) is 0.357. The summed E-state index contributed by atoms with van der Waals surface area (Å²) in [6.45, 7) is 2.35. The quantitative estimate of drug-likeness (QED) is 0.341. The number of phenolic OH excluding ortho intramolecular Hbond substituents is 1. The summed E-state index contributed by atoms with van der Waals surface area (Å²) in [5.41, 5.74) is 0.964. The molecule has 1 saturated heterocycles. The number of piperidine rings is 1. The van der Waals surface area contributed by atoms with Gasteiger partial charge in [0, 0.05) is 27.4 Å². The van der Waals surface area contributed by atoms with Crippen LogP contribution in [0.25, 0.3) is 10.4 Å². The largest absolute Gasteiger partial charge is 0.506 e. The van der Waals surface area contributed by atoms with E-state index in [0.717, 1.165) is 12.7 Å². The summed E-state index contributed by atoms with van der Waals surface area (Å²) < 4.78 is 39.9. The minimum Gasteiger partial charge on any atom is -0.506 e. The Labute approximate surface area is 182 Å². The van der Waals surface area contributed by atoms with Gasteiger partial charge in [-0.2, -0.15) is 0 Å². The Kier molecular flexibility index (Phi) is 8.35. The molecule has 0 spiro atoms. The molecular formula is C14H14ClI2NO5S2. The molecule has 0 radical (unpaired) electrons. The van der Waals surface area contributed by atoms with Crippen LogP contribution >= 0.6 is 67.9 Å². The number of aromatic hydroxyl groups is 1. The van der Waals surface area contributed by atoms with Gasteiger partial charge in [0.2, 0.25) is 0 Å². The molecule has 0 atom stereocenters. The van der Waals surface area contributed by atoms with Crippen molar-refractivity contribution in [3.05, 3.63) is 28.6 Å². The van der Waals surface area contributed by atoms with Crippen molar-refractivity contribution >= 4 is 67.9 Å². The van der Waals surface area contributed by atoms with Gasteiger partial charge in [-0.25, -0.2) is 23.2 Å². The van der Waals surface area contributed by atoms with Crippen molar-refractivity contribution in [3.8, 4) is 16.2 Å². The van der Waals surface area contributed by atoms with E-state index in [1.165, 1.54) is 41.2 Å². The third-order valence-electron chi connectivity index (χ3n) is 3.37. The van der Waals surface area contributed by atoms with E-state index in [2.05, 4.69) is 61.2 Å². The molecule has 0 amide bonds.